The van der Waals surface area contributed by atoms with E-state index in [0.29, 0.717) is 11.9 Å². The first-order chi connectivity index (χ1) is 14.0. The van der Waals surface area contributed by atoms with Crippen molar-refractivity contribution < 1.29 is 15.0 Å². The summed E-state index contributed by atoms with van der Waals surface area (Å²) in [4.78, 5) is 19.7. The molecule has 6 nitrogen and oxygen atoms in total. The molecule has 1 unspecified atom stereocenters. The van der Waals surface area contributed by atoms with Crippen LogP contribution >= 0.6 is 11.6 Å². The summed E-state index contributed by atoms with van der Waals surface area (Å²) >= 11 is 6.28. The molecule has 3 N–H and O–H groups in total. The standard InChI is InChI=1S/C23H38ClN3O2.H2O/c1-16(2)21(26-15-19-5-4-12-25-22(19)29-3)23(28)27-13-10-18(11-14-27)17-6-8-20(24)9-7-17;/h4,12,16-21,26H,5-11,13-15H2,1-3H3;1H2/t17?,19?,20?,21-;/m1./s1. The van der Waals surface area contributed by atoms with Gasteiger partial charge in [-0.2, -0.15) is 0 Å². The number of rotatable bonds is 6. The van der Waals surface area contributed by atoms with Gasteiger partial charge >= 0.3 is 0 Å². The van der Waals surface area contributed by atoms with Gasteiger partial charge in [-0.15, -0.1) is 11.6 Å². The number of nitrogens with one attached hydrogen (secondary N) is 1. The molecule has 30 heavy (non-hydrogen) atoms. The predicted octanol–water partition coefficient (Wildman–Crippen LogP) is 3.39. The number of carbonyl (C=O) groups excluding carboxylic acids is 1. The number of amides is 1. The highest BCUT2D eigenvalue weighted by atomic mass is 35.5. The van der Waals surface area contributed by atoms with Gasteiger partial charge in [-0.25, -0.2) is 4.99 Å². The van der Waals surface area contributed by atoms with Crippen LogP contribution in [0.3, 0.4) is 0 Å². The Morgan fingerprint density at radius 2 is 1.83 bits per heavy atom. The van der Waals surface area contributed by atoms with Crippen molar-refractivity contribution in [3.63, 3.8) is 0 Å². The van der Waals surface area contributed by atoms with Gasteiger partial charge in [-0.05, 0) is 62.7 Å². The van der Waals surface area contributed by atoms with Crippen molar-refractivity contribution >= 4 is 23.4 Å². The van der Waals surface area contributed by atoms with Crippen molar-refractivity contribution in [3.8, 4) is 0 Å². The number of nitrogens with zero attached hydrogens (tertiary/aromatic N) is 2. The second-order valence-electron chi connectivity index (χ2n) is 9.29. The van der Waals surface area contributed by atoms with Crippen molar-refractivity contribution in [2.75, 3.05) is 26.7 Å². The van der Waals surface area contributed by atoms with Crippen LogP contribution in [0.5, 0.6) is 0 Å². The maximum absolute atomic E-state index is 13.3. The number of hydrogen-bond donors (Lipinski definition) is 1. The van der Waals surface area contributed by atoms with Crippen LogP contribution < -0.4 is 5.32 Å². The number of halogens is 1. The molecule has 2 heterocycles. The third-order valence-corrected chi connectivity index (χ3v) is 7.46. The van der Waals surface area contributed by atoms with Crippen LogP contribution in [-0.4, -0.2) is 60.3 Å². The van der Waals surface area contributed by atoms with Crippen LogP contribution in [0, 0.1) is 23.7 Å². The molecule has 2 aliphatic heterocycles. The number of aliphatic imine (C=N–C) groups is 1. The van der Waals surface area contributed by atoms with E-state index in [1.807, 2.05) is 0 Å². The first kappa shape index (κ1) is 25.2. The van der Waals surface area contributed by atoms with Crippen LogP contribution in [0.1, 0.15) is 58.8 Å². The van der Waals surface area contributed by atoms with E-state index in [1.54, 1.807) is 13.3 Å². The van der Waals surface area contributed by atoms with Crippen molar-refractivity contribution in [3.05, 3.63) is 12.3 Å². The Labute approximate surface area is 186 Å². The Bertz CT molecular complexity index is 595. The molecule has 1 aliphatic carbocycles. The number of piperidine rings is 1. The van der Waals surface area contributed by atoms with Crippen molar-refractivity contribution in [2.24, 2.45) is 28.7 Å². The zero-order valence-corrected chi connectivity index (χ0v) is 19.5. The highest BCUT2D eigenvalue weighted by molar-refractivity contribution is 6.20. The minimum absolute atomic E-state index is 0. The fourth-order valence-corrected chi connectivity index (χ4v) is 5.41. The summed E-state index contributed by atoms with van der Waals surface area (Å²) in [6.07, 6.45) is 11.9. The van der Waals surface area contributed by atoms with Gasteiger partial charge in [0.25, 0.3) is 0 Å². The third-order valence-electron chi connectivity index (χ3n) is 7.02. The minimum Gasteiger partial charge on any atom is -0.484 e. The smallest absolute Gasteiger partial charge is 0.239 e. The van der Waals surface area contributed by atoms with Gasteiger partial charge in [-0.1, -0.05) is 19.9 Å². The van der Waals surface area contributed by atoms with E-state index >= 15 is 0 Å². The molecule has 0 bridgehead atoms. The second-order valence-corrected chi connectivity index (χ2v) is 9.91. The molecule has 0 aromatic carbocycles. The summed E-state index contributed by atoms with van der Waals surface area (Å²) in [5, 5.41) is 3.91. The molecule has 3 aliphatic rings. The largest absolute Gasteiger partial charge is 0.484 e. The van der Waals surface area contributed by atoms with Crippen LogP contribution in [0.25, 0.3) is 0 Å². The molecule has 1 saturated carbocycles. The van der Waals surface area contributed by atoms with Gasteiger partial charge in [0.15, 0.2) is 5.90 Å². The molecule has 3 rings (SSSR count). The number of likely N-dealkylation sites (tertiary alicyclic amines) is 1. The van der Waals surface area contributed by atoms with Crippen molar-refractivity contribution in [1.29, 1.82) is 0 Å². The predicted molar refractivity (Wildman–Crippen MR) is 123 cm³/mol. The lowest BCUT2D eigenvalue weighted by Gasteiger charge is -2.40. The fourth-order valence-electron chi connectivity index (χ4n) is 5.16. The van der Waals surface area contributed by atoms with Crippen LogP contribution in [0.2, 0.25) is 0 Å². The molecule has 1 amide bonds. The normalized spacial score (nSPS) is 28.6. The molecule has 0 radical (unpaired) electrons. The Morgan fingerprint density at radius 1 is 1.20 bits per heavy atom. The molecule has 1 saturated heterocycles. The highest BCUT2D eigenvalue weighted by Crippen LogP contribution is 2.37. The van der Waals surface area contributed by atoms with E-state index in [4.69, 9.17) is 16.3 Å². The van der Waals surface area contributed by atoms with Gasteiger partial charge in [0.2, 0.25) is 5.91 Å². The summed E-state index contributed by atoms with van der Waals surface area (Å²) in [6, 6.07) is -0.151. The fraction of sp³-hybridized carbons (Fsp3) is 0.826. The number of carbonyl (C=O) groups is 1. The lowest BCUT2D eigenvalue weighted by molar-refractivity contribution is -0.136. The van der Waals surface area contributed by atoms with Gasteiger partial charge < -0.3 is 20.4 Å². The first-order valence-corrected chi connectivity index (χ1v) is 11.9. The number of hydrogen-bond acceptors (Lipinski definition) is 4. The molecule has 172 valence electrons. The third kappa shape index (κ3) is 6.44. The maximum Gasteiger partial charge on any atom is 0.239 e. The van der Waals surface area contributed by atoms with E-state index in [9.17, 15) is 4.79 Å². The summed E-state index contributed by atoms with van der Waals surface area (Å²) in [5.41, 5.74) is 0. The number of methoxy groups -OCH3 is 1. The average Bonchev–Trinajstić information content (AvgIpc) is 2.74. The van der Waals surface area contributed by atoms with Crippen LogP contribution in [-0.2, 0) is 9.53 Å². The molecular formula is C23H40ClN3O3. The highest BCUT2D eigenvalue weighted by Gasteiger charge is 2.34. The molecule has 0 aromatic rings. The van der Waals surface area contributed by atoms with Crippen molar-refractivity contribution in [1.82, 2.24) is 10.2 Å². The van der Waals surface area contributed by atoms with Crippen molar-refractivity contribution in [2.45, 2.75) is 70.2 Å². The molecule has 2 fully saturated rings. The Morgan fingerprint density at radius 3 is 2.43 bits per heavy atom. The van der Waals surface area contributed by atoms with Crippen LogP contribution in [0.4, 0.5) is 0 Å². The van der Waals surface area contributed by atoms with Gasteiger partial charge in [0.1, 0.15) is 0 Å². The quantitative estimate of drug-likeness (QED) is 0.641. The van der Waals surface area contributed by atoms with Gasteiger partial charge in [0, 0.05) is 31.2 Å². The van der Waals surface area contributed by atoms with E-state index in [0.717, 1.165) is 62.9 Å². The van der Waals surface area contributed by atoms with Gasteiger partial charge in [-0.3, -0.25) is 4.79 Å². The van der Waals surface area contributed by atoms with E-state index in [-0.39, 0.29) is 29.3 Å². The number of alkyl halides is 1. The minimum atomic E-state index is -0.151. The van der Waals surface area contributed by atoms with E-state index in [1.165, 1.54) is 12.8 Å². The molecule has 0 spiro atoms. The van der Waals surface area contributed by atoms with Crippen LogP contribution in [0.15, 0.2) is 17.3 Å². The maximum atomic E-state index is 13.3. The Kier molecular flexibility index (Phi) is 10.1. The first-order valence-electron chi connectivity index (χ1n) is 11.4. The summed E-state index contributed by atoms with van der Waals surface area (Å²) in [7, 11) is 1.67. The average molecular weight is 442 g/mol. The Hall–Kier alpha value is -1.11. The summed E-state index contributed by atoms with van der Waals surface area (Å²) in [5.74, 6) is 3.03. The topological polar surface area (TPSA) is 85.4 Å². The lowest BCUT2D eigenvalue weighted by Crippen LogP contribution is -2.53. The number of allylic oxidation sites excluding steroid dienone is 1. The second kappa shape index (κ2) is 12.1. The summed E-state index contributed by atoms with van der Waals surface area (Å²) in [6.45, 7) is 6.75. The van der Waals surface area contributed by atoms with E-state index in [2.05, 4.69) is 35.1 Å². The SMILES string of the molecule is COC1=NC=CCC1CN[C@@H](C(=O)N1CCC(C2CCC(Cl)CC2)CC1)C(C)C.O. The summed E-state index contributed by atoms with van der Waals surface area (Å²) < 4.78 is 5.40. The number of ether oxygens (including phenoxy) is 1. The zero-order chi connectivity index (χ0) is 20.8. The molecule has 2 atom stereocenters. The Balaban J connectivity index is 0.00000320. The molecular weight excluding hydrogens is 402 g/mol. The lowest BCUT2D eigenvalue weighted by atomic mass is 9.75. The monoisotopic (exact) mass is 441 g/mol. The molecule has 7 heteroatoms. The van der Waals surface area contributed by atoms with Gasteiger partial charge in [0.05, 0.1) is 19.1 Å². The van der Waals surface area contributed by atoms with E-state index < -0.39 is 0 Å². The molecule has 0 aromatic heterocycles. The zero-order valence-electron chi connectivity index (χ0n) is 18.8.